The van der Waals surface area contributed by atoms with Gasteiger partial charge in [-0.3, -0.25) is 0 Å². The number of benzene rings is 2. The predicted molar refractivity (Wildman–Crippen MR) is 82.3 cm³/mol. The molecule has 104 valence electrons. The number of hydrogen-bond donors (Lipinski definition) is 1. The Labute approximate surface area is 123 Å². The van der Waals surface area contributed by atoms with Gasteiger partial charge in [0.1, 0.15) is 0 Å². The SMILES string of the molecule is CCc1ccc(N(C)c2ccc(Cl)cc2C(=O)O)cc1. The van der Waals surface area contributed by atoms with Crippen molar-refractivity contribution in [2.75, 3.05) is 11.9 Å². The van der Waals surface area contributed by atoms with Gasteiger partial charge in [-0.05, 0) is 42.3 Å². The van der Waals surface area contributed by atoms with Crippen molar-refractivity contribution in [1.29, 1.82) is 0 Å². The van der Waals surface area contributed by atoms with Gasteiger partial charge in [0.25, 0.3) is 0 Å². The van der Waals surface area contributed by atoms with Crippen molar-refractivity contribution in [2.45, 2.75) is 13.3 Å². The third-order valence-electron chi connectivity index (χ3n) is 3.28. The number of anilines is 2. The fourth-order valence-corrected chi connectivity index (χ4v) is 2.24. The number of nitrogens with zero attached hydrogens (tertiary/aromatic N) is 1. The van der Waals surface area contributed by atoms with E-state index in [1.54, 1.807) is 12.1 Å². The molecule has 0 heterocycles. The monoisotopic (exact) mass is 289 g/mol. The Kier molecular flexibility index (Phi) is 4.30. The van der Waals surface area contributed by atoms with Gasteiger partial charge in [-0.1, -0.05) is 30.7 Å². The van der Waals surface area contributed by atoms with E-state index in [-0.39, 0.29) is 5.56 Å². The summed E-state index contributed by atoms with van der Waals surface area (Å²) in [6, 6.07) is 12.9. The van der Waals surface area contributed by atoms with Gasteiger partial charge in [-0.15, -0.1) is 0 Å². The summed E-state index contributed by atoms with van der Waals surface area (Å²) in [4.78, 5) is 13.2. The number of rotatable bonds is 4. The Hall–Kier alpha value is -2.00. The molecule has 2 aromatic rings. The Bertz CT molecular complexity index is 623. The van der Waals surface area contributed by atoms with Crippen molar-refractivity contribution in [2.24, 2.45) is 0 Å². The molecule has 0 aliphatic heterocycles. The minimum Gasteiger partial charge on any atom is -0.478 e. The maximum absolute atomic E-state index is 11.3. The molecule has 0 saturated heterocycles. The van der Waals surface area contributed by atoms with Crippen molar-refractivity contribution in [1.82, 2.24) is 0 Å². The highest BCUT2D eigenvalue weighted by molar-refractivity contribution is 6.31. The molecule has 3 nitrogen and oxygen atoms in total. The summed E-state index contributed by atoms with van der Waals surface area (Å²) < 4.78 is 0. The molecule has 1 N–H and O–H groups in total. The normalized spacial score (nSPS) is 10.3. The molecule has 20 heavy (non-hydrogen) atoms. The van der Waals surface area contributed by atoms with Crippen LogP contribution in [0.4, 0.5) is 11.4 Å². The first-order chi connectivity index (χ1) is 9.52. The number of carbonyl (C=O) groups is 1. The largest absolute Gasteiger partial charge is 0.478 e. The number of carboxylic acids is 1. The van der Waals surface area contributed by atoms with Gasteiger partial charge < -0.3 is 10.0 Å². The molecule has 0 atom stereocenters. The van der Waals surface area contributed by atoms with E-state index in [1.165, 1.54) is 11.6 Å². The lowest BCUT2D eigenvalue weighted by Gasteiger charge is -2.21. The molecule has 4 heteroatoms. The fraction of sp³-hybridized carbons (Fsp3) is 0.188. The van der Waals surface area contributed by atoms with Crippen LogP contribution in [0.1, 0.15) is 22.8 Å². The van der Waals surface area contributed by atoms with Crippen molar-refractivity contribution in [3.05, 3.63) is 58.6 Å². The molecule has 0 bridgehead atoms. The molecule has 2 aromatic carbocycles. The molecule has 0 spiro atoms. The average Bonchev–Trinajstić information content (AvgIpc) is 2.46. The maximum atomic E-state index is 11.3. The van der Waals surface area contributed by atoms with Crippen molar-refractivity contribution < 1.29 is 9.90 Å². The lowest BCUT2D eigenvalue weighted by Crippen LogP contribution is -2.14. The van der Waals surface area contributed by atoms with Gasteiger partial charge in [-0.2, -0.15) is 0 Å². The molecule has 0 fully saturated rings. The number of aryl methyl sites for hydroxylation is 1. The van der Waals surface area contributed by atoms with Crippen LogP contribution in [-0.2, 0) is 6.42 Å². The van der Waals surface area contributed by atoms with Crippen molar-refractivity contribution in [3.8, 4) is 0 Å². The Morgan fingerprint density at radius 1 is 1.20 bits per heavy atom. The van der Waals surface area contributed by atoms with E-state index in [9.17, 15) is 9.90 Å². The third kappa shape index (κ3) is 2.94. The highest BCUT2D eigenvalue weighted by Crippen LogP contribution is 2.29. The zero-order chi connectivity index (χ0) is 14.7. The summed E-state index contributed by atoms with van der Waals surface area (Å²) in [5.41, 5.74) is 2.99. The van der Waals surface area contributed by atoms with Crippen molar-refractivity contribution >= 4 is 28.9 Å². The quantitative estimate of drug-likeness (QED) is 0.908. The second kappa shape index (κ2) is 5.97. The zero-order valence-electron chi connectivity index (χ0n) is 11.4. The van der Waals surface area contributed by atoms with Crippen LogP contribution >= 0.6 is 11.6 Å². The maximum Gasteiger partial charge on any atom is 0.337 e. The Balaban J connectivity index is 2.41. The van der Waals surface area contributed by atoms with E-state index < -0.39 is 5.97 Å². The molecule has 0 amide bonds. The molecule has 2 rings (SSSR count). The van der Waals surface area contributed by atoms with E-state index in [0.29, 0.717) is 10.7 Å². The molecule has 0 aliphatic rings. The van der Waals surface area contributed by atoms with E-state index in [4.69, 9.17) is 11.6 Å². The molecule has 0 radical (unpaired) electrons. The summed E-state index contributed by atoms with van der Waals surface area (Å²) in [6.45, 7) is 2.10. The molecule has 0 unspecified atom stereocenters. The number of aromatic carboxylic acids is 1. The topological polar surface area (TPSA) is 40.5 Å². The van der Waals surface area contributed by atoms with Gasteiger partial charge in [-0.25, -0.2) is 4.79 Å². The highest BCUT2D eigenvalue weighted by atomic mass is 35.5. The first-order valence-electron chi connectivity index (χ1n) is 6.38. The molecular formula is C16H16ClNO2. The smallest absolute Gasteiger partial charge is 0.337 e. The van der Waals surface area contributed by atoms with E-state index in [1.807, 2.05) is 36.2 Å². The van der Waals surface area contributed by atoms with Crippen LogP contribution in [-0.4, -0.2) is 18.1 Å². The lowest BCUT2D eigenvalue weighted by molar-refractivity contribution is 0.0697. The van der Waals surface area contributed by atoms with Crippen LogP contribution in [0.25, 0.3) is 0 Å². The Morgan fingerprint density at radius 3 is 2.40 bits per heavy atom. The highest BCUT2D eigenvalue weighted by Gasteiger charge is 2.15. The van der Waals surface area contributed by atoms with Gasteiger partial charge in [0.05, 0.1) is 11.3 Å². The zero-order valence-corrected chi connectivity index (χ0v) is 12.2. The minimum absolute atomic E-state index is 0.194. The number of halogens is 1. The first kappa shape index (κ1) is 14.4. The van der Waals surface area contributed by atoms with E-state index >= 15 is 0 Å². The standard InChI is InChI=1S/C16H16ClNO2/c1-3-11-4-7-13(8-5-11)18(2)15-9-6-12(17)10-14(15)16(19)20/h4-10H,3H2,1-2H3,(H,19,20). The Morgan fingerprint density at radius 2 is 1.85 bits per heavy atom. The van der Waals surface area contributed by atoms with E-state index in [0.717, 1.165) is 12.1 Å². The third-order valence-corrected chi connectivity index (χ3v) is 3.52. The van der Waals surface area contributed by atoms with Crippen LogP contribution < -0.4 is 4.90 Å². The summed E-state index contributed by atoms with van der Waals surface area (Å²) in [5, 5.41) is 9.70. The first-order valence-corrected chi connectivity index (χ1v) is 6.76. The number of carboxylic acid groups (broad SMARTS) is 1. The van der Waals surface area contributed by atoms with Crippen LogP contribution in [0, 0.1) is 0 Å². The average molecular weight is 290 g/mol. The summed E-state index contributed by atoms with van der Waals surface area (Å²) in [5.74, 6) is -0.987. The second-order valence-corrected chi connectivity index (χ2v) is 4.98. The van der Waals surface area contributed by atoms with Crippen molar-refractivity contribution in [3.63, 3.8) is 0 Å². The summed E-state index contributed by atoms with van der Waals surface area (Å²) >= 11 is 5.87. The van der Waals surface area contributed by atoms with Gasteiger partial charge in [0, 0.05) is 17.8 Å². The molecule has 0 aromatic heterocycles. The van der Waals surface area contributed by atoms with Gasteiger partial charge in [0.15, 0.2) is 0 Å². The molecule has 0 saturated carbocycles. The summed E-state index contributed by atoms with van der Waals surface area (Å²) in [6.07, 6.45) is 0.977. The number of hydrogen-bond acceptors (Lipinski definition) is 2. The van der Waals surface area contributed by atoms with E-state index in [2.05, 4.69) is 6.92 Å². The van der Waals surface area contributed by atoms with Gasteiger partial charge in [0.2, 0.25) is 0 Å². The van der Waals surface area contributed by atoms with Crippen LogP contribution in [0.15, 0.2) is 42.5 Å². The van der Waals surface area contributed by atoms with Crippen LogP contribution in [0.2, 0.25) is 5.02 Å². The fourth-order valence-electron chi connectivity index (χ4n) is 2.07. The molecule has 0 aliphatic carbocycles. The van der Waals surface area contributed by atoms with Crippen LogP contribution in [0.5, 0.6) is 0 Å². The molecular weight excluding hydrogens is 274 g/mol. The lowest BCUT2D eigenvalue weighted by atomic mass is 10.1. The minimum atomic E-state index is -0.987. The van der Waals surface area contributed by atoms with Gasteiger partial charge >= 0.3 is 5.97 Å². The predicted octanol–water partition coefficient (Wildman–Crippen LogP) is 4.37. The second-order valence-electron chi connectivity index (χ2n) is 4.55. The van der Waals surface area contributed by atoms with Crippen LogP contribution in [0.3, 0.4) is 0 Å². The summed E-state index contributed by atoms with van der Waals surface area (Å²) in [7, 11) is 1.84.